The third-order valence-electron chi connectivity index (χ3n) is 5.70. The van der Waals surface area contributed by atoms with Crippen LogP contribution in [-0.4, -0.2) is 62.2 Å². The first-order valence-electron chi connectivity index (χ1n) is 8.73. The molecule has 1 heterocycles. The minimum atomic E-state index is 0.715. The van der Waals surface area contributed by atoms with Gasteiger partial charge in [-0.2, -0.15) is 0 Å². The van der Waals surface area contributed by atoms with Gasteiger partial charge >= 0.3 is 0 Å². The molecule has 20 heavy (non-hydrogen) atoms. The van der Waals surface area contributed by atoms with Crippen LogP contribution in [0.2, 0.25) is 0 Å². The quantitative estimate of drug-likeness (QED) is 0.835. The highest BCUT2D eigenvalue weighted by Gasteiger charge is 2.31. The molecule has 2 rings (SSSR count). The molecule has 2 aliphatic rings. The molecule has 1 saturated carbocycles. The van der Waals surface area contributed by atoms with Crippen LogP contribution in [0.25, 0.3) is 0 Å². The second-order valence-corrected chi connectivity index (χ2v) is 7.21. The molecule has 1 aliphatic carbocycles. The molecule has 3 nitrogen and oxygen atoms in total. The van der Waals surface area contributed by atoms with Crippen molar-refractivity contribution in [3.05, 3.63) is 0 Å². The van der Waals surface area contributed by atoms with Crippen LogP contribution in [0, 0.1) is 11.8 Å². The summed E-state index contributed by atoms with van der Waals surface area (Å²) in [6, 6.07) is 1.46. The molecule has 0 bridgehead atoms. The standard InChI is InChI=1S/C17H35N3/c1-5-6-15-7-8-17(18-3)16(11-15)13-20-10-9-19(4)14(2)12-20/h14-18H,5-13H2,1-4H3. The maximum absolute atomic E-state index is 3.59. The Morgan fingerprint density at radius 2 is 2.00 bits per heavy atom. The van der Waals surface area contributed by atoms with E-state index < -0.39 is 0 Å². The molecular formula is C17H35N3. The molecule has 0 aromatic heterocycles. The number of hydrogen-bond acceptors (Lipinski definition) is 3. The topological polar surface area (TPSA) is 18.5 Å². The van der Waals surface area contributed by atoms with E-state index in [1.54, 1.807) is 0 Å². The van der Waals surface area contributed by atoms with Gasteiger partial charge in [0.15, 0.2) is 0 Å². The molecule has 1 N–H and O–H groups in total. The van der Waals surface area contributed by atoms with Crippen LogP contribution in [0.4, 0.5) is 0 Å². The van der Waals surface area contributed by atoms with Gasteiger partial charge in [-0.15, -0.1) is 0 Å². The lowest BCUT2D eigenvalue weighted by molar-refractivity contribution is 0.0705. The van der Waals surface area contributed by atoms with Gasteiger partial charge < -0.3 is 15.1 Å². The van der Waals surface area contributed by atoms with Crippen molar-refractivity contribution in [3.63, 3.8) is 0 Å². The van der Waals surface area contributed by atoms with Crippen LogP contribution in [0.5, 0.6) is 0 Å². The molecular weight excluding hydrogens is 246 g/mol. The molecule has 0 aromatic rings. The van der Waals surface area contributed by atoms with Gasteiger partial charge in [0.05, 0.1) is 0 Å². The third kappa shape index (κ3) is 4.19. The molecule has 2 fully saturated rings. The molecule has 0 aromatic carbocycles. The predicted octanol–water partition coefficient (Wildman–Crippen LogP) is 2.43. The Labute approximate surface area is 126 Å². The number of nitrogens with one attached hydrogen (secondary N) is 1. The van der Waals surface area contributed by atoms with Gasteiger partial charge in [-0.05, 0) is 52.1 Å². The SMILES string of the molecule is CCCC1CCC(NC)C(CN2CCN(C)C(C)C2)C1. The molecule has 4 unspecified atom stereocenters. The van der Waals surface area contributed by atoms with Gasteiger partial charge in [-0.3, -0.25) is 0 Å². The zero-order valence-corrected chi connectivity index (χ0v) is 14.1. The maximum Gasteiger partial charge on any atom is 0.0192 e. The van der Waals surface area contributed by atoms with E-state index in [4.69, 9.17) is 0 Å². The number of nitrogens with zero attached hydrogens (tertiary/aromatic N) is 2. The summed E-state index contributed by atoms with van der Waals surface area (Å²) in [6.45, 7) is 9.75. The molecule has 0 spiro atoms. The Balaban J connectivity index is 1.87. The fourth-order valence-electron chi connectivity index (χ4n) is 4.23. The Kier molecular flexibility index (Phi) is 6.31. The van der Waals surface area contributed by atoms with Gasteiger partial charge in [0.1, 0.15) is 0 Å². The predicted molar refractivity (Wildman–Crippen MR) is 87.1 cm³/mol. The lowest BCUT2D eigenvalue weighted by Gasteiger charge is -2.43. The van der Waals surface area contributed by atoms with Crippen molar-refractivity contribution in [1.82, 2.24) is 15.1 Å². The summed E-state index contributed by atoms with van der Waals surface area (Å²) >= 11 is 0. The van der Waals surface area contributed by atoms with Gasteiger partial charge in [0, 0.05) is 38.3 Å². The number of piperazine rings is 1. The third-order valence-corrected chi connectivity index (χ3v) is 5.70. The highest BCUT2D eigenvalue weighted by atomic mass is 15.3. The number of hydrogen-bond donors (Lipinski definition) is 1. The second kappa shape index (κ2) is 7.77. The lowest BCUT2D eigenvalue weighted by Crippen LogP contribution is -2.53. The summed E-state index contributed by atoms with van der Waals surface area (Å²) in [5, 5.41) is 3.59. The van der Waals surface area contributed by atoms with Gasteiger partial charge in [-0.1, -0.05) is 19.8 Å². The van der Waals surface area contributed by atoms with E-state index in [9.17, 15) is 0 Å². The van der Waals surface area contributed by atoms with E-state index in [0.717, 1.165) is 17.9 Å². The molecule has 3 heteroatoms. The fourth-order valence-corrected chi connectivity index (χ4v) is 4.23. The normalized spacial score (nSPS) is 37.2. The Morgan fingerprint density at radius 3 is 2.65 bits per heavy atom. The van der Waals surface area contributed by atoms with Gasteiger partial charge in [0.25, 0.3) is 0 Å². The maximum atomic E-state index is 3.59. The van der Waals surface area contributed by atoms with Crippen molar-refractivity contribution in [2.75, 3.05) is 40.3 Å². The summed E-state index contributed by atoms with van der Waals surface area (Å²) < 4.78 is 0. The fraction of sp³-hybridized carbons (Fsp3) is 1.00. The molecule has 1 aliphatic heterocycles. The Bertz CT molecular complexity index is 281. The first kappa shape index (κ1) is 16.3. The number of rotatable bonds is 5. The first-order valence-corrected chi connectivity index (χ1v) is 8.73. The minimum Gasteiger partial charge on any atom is -0.317 e. The average molecular weight is 281 g/mol. The zero-order valence-electron chi connectivity index (χ0n) is 14.1. The summed E-state index contributed by atoms with van der Waals surface area (Å²) in [5.74, 6) is 1.85. The zero-order chi connectivity index (χ0) is 14.5. The van der Waals surface area contributed by atoms with Crippen LogP contribution < -0.4 is 5.32 Å². The monoisotopic (exact) mass is 281 g/mol. The second-order valence-electron chi connectivity index (χ2n) is 7.21. The van der Waals surface area contributed by atoms with Crippen LogP contribution >= 0.6 is 0 Å². The largest absolute Gasteiger partial charge is 0.317 e. The summed E-state index contributed by atoms with van der Waals surface area (Å²) in [4.78, 5) is 5.21. The van der Waals surface area contributed by atoms with Crippen LogP contribution in [0.15, 0.2) is 0 Å². The van der Waals surface area contributed by atoms with Crippen LogP contribution in [-0.2, 0) is 0 Å². The van der Waals surface area contributed by atoms with Crippen molar-refractivity contribution in [2.24, 2.45) is 11.8 Å². The van der Waals surface area contributed by atoms with Crippen molar-refractivity contribution in [2.45, 2.75) is 58.0 Å². The van der Waals surface area contributed by atoms with Crippen molar-refractivity contribution < 1.29 is 0 Å². The minimum absolute atomic E-state index is 0.715. The summed E-state index contributed by atoms with van der Waals surface area (Å²) in [6.07, 6.45) is 7.06. The molecule has 4 atom stereocenters. The Hall–Kier alpha value is -0.120. The molecule has 0 amide bonds. The average Bonchev–Trinajstić information content (AvgIpc) is 2.44. The number of likely N-dealkylation sites (N-methyl/N-ethyl adjacent to an activating group) is 1. The van der Waals surface area contributed by atoms with Crippen molar-refractivity contribution >= 4 is 0 Å². The van der Waals surface area contributed by atoms with Crippen molar-refractivity contribution in [3.8, 4) is 0 Å². The summed E-state index contributed by atoms with van der Waals surface area (Å²) in [5.41, 5.74) is 0. The van der Waals surface area contributed by atoms with E-state index in [1.807, 2.05) is 0 Å². The summed E-state index contributed by atoms with van der Waals surface area (Å²) in [7, 11) is 4.42. The van der Waals surface area contributed by atoms with E-state index in [-0.39, 0.29) is 0 Å². The smallest absolute Gasteiger partial charge is 0.0192 e. The van der Waals surface area contributed by atoms with Gasteiger partial charge in [-0.25, -0.2) is 0 Å². The van der Waals surface area contributed by atoms with E-state index in [0.29, 0.717) is 6.04 Å². The molecule has 0 radical (unpaired) electrons. The van der Waals surface area contributed by atoms with E-state index in [1.165, 1.54) is 58.3 Å². The first-order chi connectivity index (χ1) is 9.63. The Morgan fingerprint density at radius 1 is 1.20 bits per heavy atom. The highest BCUT2D eigenvalue weighted by molar-refractivity contribution is 4.87. The lowest BCUT2D eigenvalue weighted by atomic mass is 9.76. The van der Waals surface area contributed by atoms with Crippen LogP contribution in [0.3, 0.4) is 0 Å². The molecule has 1 saturated heterocycles. The van der Waals surface area contributed by atoms with E-state index in [2.05, 4.69) is 43.1 Å². The van der Waals surface area contributed by atoms with Gasteiger partial charge in [0.2, 0.25) is 0 Å². The van der Waals surface area contributed by atoms with Crippen molar-refractivity contribution in [1.29, 1.82) is 0 Å². The van der Waals surface area contributed by atoms with Crippen LogP contribution in [0.1, 0.15) is 46.0 Å². The van der Waals surface area contributed by atoms with E-state index >= 15 is 0 Å². The molecule has 118 valence electrons. The highest BCUT2D eigenvalue weighted by Crippen LogP contribution is 2.33.